The zero-order valence-corrected chi connectivity index (χ0v) is 15.9. The molecule has 0 bridgehead atoms. The van der Waals surface area contributed by atoms with Crippen molar-refractivity contribution in [2.45, 2.75) is 64.8 Å². The lowest BCUT2D eigenvalue weighted by molar-refractivity contribution is -0.130. The van der Waals surface area contributed by atoms with Crippen LogP contribution in [0.2, 0.25) is 0 Å². The smallest absolute Gasteiger partial charge is 0.240 e. The molecule has 0 aromatic carbocycles. The standard InChI is InChI=1S/C17H34N6O3/c1-3-5-8-12(7-4-2)16(26)22-11-14(24)23-13(15(18)25)9-6-10-21-17(19)20/h12-13H,3-11H2,1-2H3,(H2,18,25)(H,22,26)(H,23,24)(H4,19,20,21)/t12-,13-/m0/s1. The van der Waals surface area contributed by atoms with Gasteiger partial charge in [-0.3, -0.25) is 19.4 Å². The van der Waals surface area contributed by atoms with Gasteiger partial charge in [0.1, 0.15) is 6.04 Å². The van der Waals surface area contributed by atoms with Gasteiger partial charge in [-0.05, 0) is 25.7 Å². The summed E-state index contributed by atoms with van der Waals surface area (Å²) in [5.41, 5.74) is 15.7. The predicted molar refractivity (Wildman–Crippen MR) is 102 cm³/mol. The molecule has 0 aliphatic rings. The highest BCUT2D eigenvalue weighted by molar-refractivity contribution is 5.89. The SMILES string of the molecule is CCCC[C@H](CCC)C(=O)NCC(=O)N[C@@H](CCCN=C(N)N)C(N)=O. The van der Waals surface area contributed by atoms with E-state index in [-0.39, 0.29) is 24.3 Å². The molecule has 0 rings (SSSR count). The summed E-state index contributed by atoms with van der Waals surface area (Å²) in [6.07, 6.45) is 5.33. The number of nitrogens with two attached hydrogens (primary N) is 3. The summed E-state index contributed by atoms with van der Waals surface area (Å²) in [6.45, 7) is 4.27. The van der Waals surface area contributed by atoms with Crippen LogP contribution in [0.5, 0.6) is 0 Å². The number of hydrogen-bond acceptors (Lipinski definition) is 4. The lowest BCUT2D eigenvalue weighted by Gasteiger charge is -2.18. The van der Waals surface area contributed by atoms with Crippen molar-refractivity contribution in [1.82, 2.24) is 10.6 Å². The second-order valence-electron chi connectivity index (χ2n) is 6.32. The first-order valence-corrected chi connectivity index (χ1v) is 9.23. The third kappa shape index (κ3) is 11.3. The van der Waals surface area contributed by atoms with Gasteiger partial charge in [0, 0.05) is 12.5 Å². The molecule has 0 fully saturated rings. The molecule has 9 heteroatoms. The van der Waals surface area contributed by atoms with Gasteiger partial charge in [-0.2, -0.15) is 0 Å². The van der Waals surface area contributed by atoms with Gasteiger partial charge < -0.3 is 27.8 Å². The quantitative estimate of drug-likeness (QED) is 0.161. The summed E-state index contributed by atoms with van der Waals surface area (Å²) in [6, 6.07) is -0.819. The van der Waals surface area contributed by atoms with E-state index < -0.39 is 17.9 Å². The highest BCUT2D eigenvalue weighted by Gasteiger charge is 2.20. The molecule has 0 saturated heterocycles. The Morgan fingerprint density at radius 3 is 2.19 bits per heavy atom. The van der Waals surface area contributed by atoms with Gasteiger partial charge in [0.05, 0.1) is 6.54 Å². The molecular weight excluding hydrogens is 336 g/mol. The Morgan fingerprint density at radius 2 is 1.65 bits per heavy atom. The fraction of sp³-hybridized carbons (Fsp3) is 0.765. The van der Waals surface area contributed by atoms with E-state index in [9.17, 15) is 14.4 Å². The van der Waals surface area contributed by atoms with Crippen molar-refractivity contribution in [3.05, 3.63) is 0 Å². The van der Waals surface area contributed by atoms with Crippen LogP contribution in [-0.2, 0) is 14.4 Å². The van der Waals surface area contributed by atoms with Crippen molar-refractivity contribution < 1.29 is 14.4 Å². The average Bonchev–Trinajstić information content (AvgIpc) is 2.58. The number of amides is 3. The minimum Gasteiger partial charge on any atom is -0.370 e. The summed E-state index contributed by atoms with van der Waals surface area (Å²) < 4.78 is 0. The second-order valence-corrected chi connectivity index (χ2v) is 6.32. The number of unbranched alkanes of at least 4 members (excludes halogenated alkanes) is 1. The Hall–Kier alpha value is -2.32. The molecular formula is C17H34N6O3. The largest absolute Gasteiger partial charge is 0.370 e. The Bertz CT molecular complexity index is 477. The number of aliphatic imine (C=N–C) groups is 1. The zero-order valence-electron chi connectivity index (χ0n) is 15.9. The Morgan fingerprint density at radius 1 is 0.962 bits per heavy atom. The average molecular weight is 370 g/mol. The second kappa shape index (κ2) is 13.9. The molecule has 0 aliphatic carbocycles. The number of nitrogens with one attached hydrogen (secondary N) is 2. The molecule has 9 nitrogen and oxygen atoms in total. The van der Waals surface area contributed by atoms with E-state index in [0.29, 0.717) is 19.4 Å². The highest BCUT2D eigenvalue weighted by atomic mass is 16.2. The van der Waals surface area contributed by atoms with Crippen molar-refractivity contribution >= 4 is 23.7 Å². The van der Waals surface area contributed by atoms with Crippen molar-refractivity contribution in [2.75, 3.05) is 13.1 Å². The van der Waals surface area contributed by atoms with E-state index in [1.54, 1.807) is 0 Å². The number of nitrogens with zero attached hydrogens (tertiary/aromatic N) is 1. The number of guanidine groups is 1. The molecule has 0 saturated carbocycles. The van der Waals surface area contributed by atoms with Crippen molar-refractivity contribution in [2.24, 2.45) is 28.1 Å². The van der Waals surface area contributed by atoms with Crippen LogP contribution in [-0.4, -0.2) is 42.8 Å². The van der Waals surface area contributed by atoms with Gasteiger partial charge in [0.15, 0.2) is 5.96 Å². The van der Waals surface area contributed by atoms with Gasteiger partial charge in [-0.15, -0.1) is 0 Å². The first-order chi connectivity index (χ1) is 12.3. The maximum Gasteiger partial charge on any atom is 0.240 e. The van der Waals surface area contributed by atoms with Crippen LogP contribution in [0.15, 0.2) is 4.99 Å². The molecule has 0 aromatic heterocycles. The maximum atomic E-state index is 12.2. The Balaban J connectivity index is 4.38. The molecule has 3 amide bonds. The number of rotatable bonds is 14. The van der Waals surface area contributed by atoms with Gasteiger partial charge in [0.2, 0.25) is 17.7 Å². The number of primary amides is 1. The van der Waals surface area contributed by atoms with Crippen molar-refractivity contribution in [1.29, 1.82) is 0 Å². The molecule has 2 atom stereocenters. The van der Waals surface area contributed by atoms with Crippen LogP contribution < -0.4 is 27.8 Å². The number of carbonyl (C=O) groups is 3. The molecule has 0 unspecified atom stereocenters. The molecule has 0 aliphatic heterocycles. The molecule has 0 spiro atoms. The minimum absolute atomic E-state index is 0.0305. The molecule has 0 heterocycles. The van der Waals surface area contributed by atoms with Crippen LogP contribution in [0.3, 0.4) is 0 Å². The Labute approximate surface area is 155 Å². The monoisotopic (exact) mass is 370 g/mol. The summed E-state index contributed by atoms with van der Waals surface area (Å²) in [7, 11) is 0. The fourth-order valence-corrected chi connectivity index (χ4v) is 2.55. The van der Waals surface area contributed by atoms with Crippen LogP contribution in [0.25, 0.3) is 0 Å². The van der Waals surface area contributed by atoms with E-state index in [0.717, 1.165) is 32.1 Å². The van der Waals surface area contributed by atoms with Gasteiger partial charge in [-0.1, -0.05) is 33.1 Å². The maximum absolute atomic E-state index is 12.2. The minimum atomic E-state index is -0.819. The third-order valence-corrected chi connectivity index (χ3v) is 3.96. The first-order valence-electron chi connectivity index (χ1n) is 9.23. The van der Waals surface area contributed by atoms with Gasteiger partial charge >= 0.3 is 0 Å². The molecule has 0 aromatic rings. The number of carbonyl (C=O) groups excluding carboxylic acids is 3. The summed E-state index contributed by atoms with van der Waals surface area (Å²) in [5.74, 6) is -1.33. The zero-order chi connectivity index (χ0) is 19.9. The van der Waals surface area contributed by atoms with Gasteiger partial charge in [-0.25, -0.2) is 0 Å². The van der Waals surface area contributed by atoms with E-state index in [1.807, 2.05) is 6.92 Å². The molecule has 26 heavy (non-hydrogen) atoms. The van der Waals surface area contributed by atoms with E-state index in [1.165, 1.54) is 0 Å². The van der Waals surface area contributed by atoms with E-state index in [4.69, 9.17) is 17.2 Å². The summed E-state index contributed by atoms with van der Waals surface area (Å²) in [5, 5.41) is 5.18. The number of hydrogen-bond donors (Lipinski definition) is 5. The van der Waals surface area contributed by atoms with Crippen molar-refractivity contribution in [3.8, 4) is 0 Å². The highest BCUT2D eigenvalue weighted by Crippen LogP contribution is 2.14. The topological polar surface area (TPSA) is 166 Å². The Kier molecular flexibility index (Phi) is 12.7. The van der Waals surface area contributed by atoms with Crippen molar-refractivity contribution in [3.63, 3.8) is 0 Å². The van der Waals surface area contributed by atoms with Crippen LogP contribution in [0.1, 0.15) is 58.8 Å². The van der Waals surface area contributed by atoms with E-state index in [2.05, 4.69) is 22.5 Å². The van der Waals surface area contributed by atoms with Crippen LogP contribution >= 0.6 is 0 Å². The molecule has 8 N–H and O–H groups in total. The molecule has 150 valence electrons. The predicted octanol–water partition coefficient (Wildman–Crippen LogP) is -0.267. The summed E-state index contributed by atoms with van der Waals surface area (Å²) >= 11 is 0. The molecule has 0 radical (unpaired) electrons. The lowest BCUT2D eigenvalue weighted by Crippen LogP contribution is -2.48. The van der Waals surface area contributed by atoms with Crippen LogP contribution in [0.4, 0.5) is 0 Å². The lowest BCUT2D eigenvalue weighted by atomic mass is 9.96. The van der Waals surface area contributed by atoms with E-state index >= 15 is 0 Å². The third-order valence-electron chi connectivity index (χ3n) is 3.96. The van der Waals surface area contributed by atoms with Crippen LogP contribution in [0, 0.1) is 5.92 Å². The fourth-order valence-electron chi connectivity index (χ4n) is 2.55. The first kappa shape index (κ1) is 23.7. The normalized spacial score (nSPS) is 12.7. The van der Waals surface area contributed by atoms with Gasteiger partial charge in [0.25, 0.3) is 0 Å². The summed E-state index contributed by atoms with van der Waals surface area (Å²) in [4.78, 5) is 39.5.